The summed E-state index contributed by atoms with van der Waals surface area (Å²) in [6.07, 6.45) is 6.84. The molecule has 0 fully saturated rings. The third-order valence-corrected chi connectivity index (χ3v) is 2.79. The highest BCUT2D eigenvalue weighted by atomic mass is 15.2. The number of aryl methyl sites for hydroxylation is 1. The number of nitrogens with zero attached hydrogens (tertiary/aromatic N) is 5. The van der Waals surface area contributed by atoms with Gasteiger partial charge in [-0.15, -0.1) is 0 Å². The Kier molecular flexibility index (Phi) is 2.27. The molecule has 0 saturated heterocycles. The molecule has 3 aromatic rings. The molecule has 0 aliphatic heterocycles. The minimum absolute atomic E-state index is 0.508. The highest BCUT2D eigenvalue weighted by Crippen LogP contribution is 2.21. The van der Waals surface area contributed by atoms with Crippen LogP contribution in [-0.2, 0) is 0 Å². The van der Waals surface area contributed by atoms with E-state index in [1.165, 1.54) is 0 Å². The molecule has 5 nitrogen and oxygen atoms in total. The van der Waals surface area contributed by atoms with Crippen molar-refractivity contribution in [2.45, 2.75) is 6.92 Å². The van der Waals surface area contributed by atoms with Crippen molar-refractivity contribution in [3.63, 3.8) is 0 Å². The maximum atomic E-state index is 9.15. The topological polar surface area (TPSA) is 66.9 Å². The van der Waals surface area contributed by atoms with E-state index in [1.54, 1.807) is 35.4 Å². The zero-order valence-electron chi connectivity index (χ0n) is 9.70. The molecule has 0 radical (unpaired) electrons. The number of rotatable bonds is 1. The van der Waals surface area contributed by atoms with Gasteiger partial charge in [0.25, 0.3) is 0 Å². The van der Waals surface area contributed by atoms with Gasteiger partial charge in [0.15, 0.2) is 5.65 Å². The molecule has 0 aliphatic carbocycles. The van der Waals surface area contributed by atoms with Crippen molar-refractivity contribution in [1.82, 2.24) is 19.6 Å². The van der Waals surface area contributed by atoms with Crippen molar-refractivity contribution in [2.24, 2.45) is 0 Å². The lowest BCUT2D eigenvalue weighted by atomic mass is 10.1. The highest BCUT2D eigenvalue weighted by molar-refractivity contribution is 5.67. The van der Waals surface area contributed by atoms with E-state index in [-0.39, 0.29) is 0 Å². The molecule has 3 aromatic heterocycles. The third kappa shape index (κ3) is 1.52. The second-order valence-electron chi connectivity index (χ2n) is 3.94. The van der Waals surface area contributed by atoms with Crippen molar-refractivity contribution >= 4 is 5.65 Å². The smallest absolute Gasteiger partial charge is 0.171 e. The van der Waals surface area contributed by atoms with E-state index in [2.05, 4.69) is 21.1 Å². The van der Waals surface area contributed by atoms with Crippen LogP contribution >= 0.6 is 0 Å². The standard InChI is InChI=1S/C13H9N5/c1-9-2-3-15-8-11(9)12-6-10(7-14)13-16-4-5-18(13)17-12/h2-6,8H,1H3. The molecule has 0 bridgehead atoms. The van der Waals surface area contributed by atoms with Gasteiger partial charge in [0.2, 0.25) is 0 Å². The fourth-order valence-corrected chi connectivity index (χ4v) is 1.86. The van der Waals surface area contributed by atoms with Gasteiger partial charge < -0.3 is 0 Å². The van der Waals surface area contributed by atoms with Gasteiger partial charge >= 0.3 is 0 Å². The largest absolute Gasteiger partial charge is 0.264 e. The molecule has 0 spiro atoms. The predicted octanol–water partition coefficient (Wildman–Crippen LogP) is 1.97. The number of nitriles is 1. The maximum Gasteiger partial charge on any atom is 0.171 e. The predicted molar refractivity (Wildman–Crippen MR) is 65.7 cm³/mol. The minimum Gasteiger partial charge on any atom is -0.264 e. The normalized spacial score (nSPS) is 10.4. The third-order valence-electron chi connectivity index (χ3n) is 2.79. The average Bonchev–Trinajstić information content (AvgIpc) is 2.86. The molecule has 3 rings (SSSR count). The molecule has 0 aromatic carbocycles. The first-order chi connectivity index (χ1) is 8.79. The van der Waals surface area contributed by atoms with Gasteiger partial charge in [-0.1, -0.05) is 0 Å². The van der Waals surface area contributed by atoms with Gasteiger partial charge in [-0.3, -0.25) is 4.98 Å². The summed E-state index contributed by atoms with van der Waals surface area (Å²) in [4.78, 5) is 8.21. The van der Waals surface area contributed by atoms with Crippen LogP contribution in [0.15, 0.2) is 36.9 Å². The fraction of sp³-hybridized carbons (Fsp3) is 0.0769. The van der Waals surface area contributed by atoms with Crippen molar-refractivity contribution in [3.05, 3.63) is 48.0 Å². The second kappa shape index (κ2) is 3.93. The van der Waals surface area contributed by atoms with Crippen LogP contribution in [-0.4, -0.2) is 19.6 Å². The van der Waals surface area contributed by atoms with Crippen LogP contribution in [0.25, 0.3) is 16.9 Å². The number of pyridine rings is 1. The zero-order chi connectivity index (χ0) is 12.5. The summed E-state index contributed by atoms with van der Waals surface area (Å²) in [6.45, 7) is 1.99. The molecular weight excluding hydrogens is 226 g/mol. The van der Waals surface area contributed by atoms with E-state index in [0.29, 0.717) is 11.2 Å². The van der Waals surface area contributed by atoms with Gasteiger partial charge in [0, 0.05) is 30.4 Å². The van der Waals surface area contributed by atoms with Crippen molar-refractivity contribution in [3.8, 4) is 17.3 Å². The lowest BCUT2D eigenvalue weighted by Gasteiger charge is -2.05. The lowest BCUT2D eigenvalue weighted by molar-refractivity contribution is 0.937. The summed E-state index contributed by atoms with van der Waals surface area (Å²) in [6, 6.07) is 5.80. The minimum atomic E-state index is 0.508. The average molecular weight is 235 g/mol. The Bertz CT molecular complexity index is 766. The van der Waals surface area contributed by atoms with E-state index in [4.69, 9.17) is 5.26 Å². The van der Waals surface area contributed by atoms with Gasteiger partial charge in [0.05, 0.1) is 11.3 Å². The molecule has 0 amide bonds. The number of imidazole rings is 1. The molecule has 18 heavy (non-hydrogen) atoms. The molecule has 0 unspecified atom stereocenters. The fourth-order valence-electron chi connectivity index (χ4n) is 1.86. The Morgan fingerprint density at radius 2 is 2.22 bits per heavy atom. The Hall–Kier alpha value is -2.74. The van der Waals surface area contributed by atoms with E-state index >= 15 is 0 Å². The summed E-state index contributed by atoms with van der Waals surface area (Å²) in [5, 5.41) is 13.6. The second-order valence-corrected chi connectivity index (χ2v) is 3.94. The number of aromatic nitrogens is 4. The molecule has 86 valence electrons. The molecule has 0 aliphatic rings. The highest BCUT2D eigenvalue weighted by Gasteiger charge is 2.09. The first kappa shape index (κ1) is 10.4. The first-order valence-electron chi connectivity index (χ1n) is 5.45. The zero-order valence-corrected chi connectivity index (χ0v) is 9.70. The van der Waals surface area contributed by atoms with Gasteiger partial charge in [-0.05, 0) is 24.6 Å². The van der Waals surface area contributed by atoms with Crippen LogP contribution in [0.2, 0.25) is 0 Å². The summed E-state index contributed by atoms with van der Waals surface area (Å²) in [7, 11) is 0. The quantitative estimate of drug-likeness (QED) is 0.646. The molecule has 3 heterocycles. The van der Waals surface area contributed by atoms with Crippen molar-refractivity contribution < 1.29 is 0 Å². The van der Waals surface area contributed by atoms with Crippen LogP contribution in [0.5, 0.6) is 0 Å². The van der Waals surface area contributed by atoms with Crippen LogP contribution in [0.1, 0.15) is 11.1 Å². The SMILES string of the molecule is Cc1ccncc1-c1cc(C#N)c2nccn2n1. The van der Waals surface area contributed by atoms with Crippen LogP contribution in [0, 0.1) is 18.3 Å². The molecule has 0 N–H and O–H groups in total. The summed E-state index contributed by atoms with van der Waals surface area (Å²) in [5.41, 5.74) is 3.80. The molecular formula is C13H9N5. The Morgan fingerprint density at radius 1 is 1.33 bits per heavy atom. The molecule has 5 heteroatoms. The monoisotopic (exact) mass is 235 g/mol. The van der Waals surface area contributed by atoms with Crippen LogP contribution in [0.3, 0.4) is 0 Å². The van der Waals surface area contributed by atoms with Gasteiger partial charge in [0.1, 0.15) is 6.07 Å². The van der Waals surface area contributed by atoms with E-state index in [1.807, 2.05) is 13.0 Å². The van der Waals surface area contributed by atoms with Gasteiger partial charge in [-0.25, -0.2) is 9.50 Å². The van der Waals surface area contributed by atoms with Crippen LogP contribution in [0.4, 0.5) is 0 Å². The van der Waals surface area contributed by atoms with Crippen molar-refractivity contribution in [1.29, 1.82) is 5.26 Å². The van der Waals surface area contributed by atoms with Crippen LogP contribution < -0.4 is 0 Å². The van der Waals surface area contributed by atoms with E-state index < -0.39 is 0 Å². The lowest BCUT2D eigenvalue weighted by Crippen LogP contribution is -1.98. The number of hydrogen-bond acceptors (Lipinski definition) is 4. The van der Waals surface area contributed by atoms with E-state index in [9.17, 15) is 0 Å². The van der Waals surface area contributed by atoms with Gasteiger partial charge in [-0.2, -0.15) is 10.4 Å². The molecule has 0 saturated carbocycles. The number of hydrogen-bond donors (Lipinski definition) is 0. The number of fused-ring (bicyclic) bond motifs is 1. The summed E-state index contributed by atoms with van der Waals surface area (Å²) in [5.74, 6) is 0. The molecule has 0 atom stereocenters. The summed E-state index contributed by atoms with van der Waals surface area (Å²) < 4.78 is 1.61. The first-order valence-corrected chi connectivity index (χ1v) is 5.45. The van der Waals surface area contributed by atoms with E-state index in [0.717, 1.165) is 16.8 Å². The summed E-state index contributed by atoms with van der Waals surface area (Å²) >= 11 is 0. The maximum absolute atomic E-state index is 9.15. The Labute approximate surface area is 103 Å². The Balaban J connectivity index is 2.31. The Morgan fingerprint density at radius 3 is 3.00 bits per heavy atom. The van der Waals surface area contributed by atoms with Crippen molar-refractivity contribution in [2.75, 3.05) is 0 Å².